The van der Waals surface area contributed by atoms with Crippen molar-refractivity contribution < 1.29 is 25.9 Å². The molecule has 0 aliphatic carbocycles. The molecule has 40 heavy (non-hydrogen) atoms. The van der Waals surface area contributed by atoms with Gasteiger partial charge in [0, 0.05) is 37.4 Å². The molecule has 4 rings (SSSR count). The van der Waals surface area contributed by atoms with E-state index in [4.69, 9.17) is 0 Å². The van der Waals surface area contributed by atoms with Crippen LogP contribution in [-0.2, 0) is 44.6 Å². The second-order valence-corrected chi connectivity index (χ2v) is 14.3. The molecule has 0 amide bonds. The Bertz CT molecular complexity index is 1400. The highest BCUT2D eigenvalue weighted by Crippen LogP contribution is 2.30. The molecule has 0 atom stereocenters. The average Bonchev–Trinajstić information content (AvgIpc) is 3.56. The molecule has 2 aliphatic heterocycles. The van der Waals surface area contributed by atoms with Crippen molar-refractivity contribution in [1.29, 1.82) is 0 Å². The van der Waals surface area contributed by atoms with E-state index in [2.05, 4.69) is 10.2 Å². The van der Waals surface area contributed by atoms with E-state index in [1.165, 1.54) is 36.0 Å². The van der Waals surface area contributed by atoms with E-state index in [0.29, 0.717) is 22.6 Å². The molecule has 0 saturated carbocycles. The molecule has 0 radical (unpaired) electrons. The van der Waals surface area contributed by atoms with Crippen molar-refractivity contribution >= 4 is 55.8 Å². The van der Waals surface area contributed by atoms with E-state index in [-0.39, 0.29) is 9.79 Å². The SMILES string of the molecule is CCc1ccc(S(=O)(=O)O)c(CSN2CCCC2=NN=C2CCCN2SCc2cc(CC)ccc2S(=O)(=O)O)c1. The van der Waals surface area contributed by atoms with Gasteiger partial charge in [0.15, 0.2) is 0 Å². The van der Waals surface area contributed by atoms with Gasteiger partial charge in [0.1, 0.15) is 11.7 Å². The van der Waals surface area contributed by atoms with E-state index in [1.54, 1.807) is 12.1 Å². The lowest BCUT2D eigenvalue weighted by atomic mass is 10.1. The molecule has 0 bridgehead atoms. The van der Waals surface area contributed by atoms with Crippen LogP contribution in [0.4, 0.5) is 0 Å². The molecule has 2 heterocycles. The topological polar surface area (TPSA) is 140 Å². The van der Waals surface area contributed by atoms with Crippen LogP contribution in [0, 0.1) is 0 Å². The molecule has 0 unspecified atom stereocenters. The van der Waals surface area contributed by atoms with Gasteiger partial charge in [-0.25, -0.2) is 0 Å². The van der Waals surface area contributed by atoms with E-state index >= 15 is 0 Å². The first-order chi connectivity index (χ1) is 19.0. The van der Waals surface area contributed by atoms with Crippen LogP contribution in [-0.4, -0.2) is 59.3 Å². The lowest BCUT2D eigenvalue weighted by molar-refractivity contribution is 0.480. The van der Waals surface area contributed by atoms with Crippen LogP contribution in [0.25, 0.3) is 0 Å². The first-order valence-corrected chi connectivity index (χ1v) is 17.9. The molecular weight excluding hydrogens is 593 g/mol. The third-order valence-electron chi connectivity index (χ3n) is 6.75. The van der Waals surface area contributed by atoms with Gasteiger partial charge in [0.2, 0.25) is 0 Å². The minimum absolute atomic E-state index is 0.0737. The van der Waals surface area contributed by atoms with Crippen molar-refractivity contribution in [2.75, 3.05) is 13.1 Å². The summed E-state index contributed by atoms with van der Waals surface area (Å²) in [6.45, 7) is 5.50. The third kappa shape index (κ3) is 7.79. The predicted molar refractivity (Wildman–Crippen MR) is 161 cm³/mol. The Morgan fingerprint density at radius 1 is 0.725 bits per heavy atom. The second kappa shape index (κ2) is 13.3. The molecule has 2 saturated heterocycles. The van der Waals surface area contributed by atoms with Gasteiger partial charge in [0.25, 0.3) is 20.2 Å². The van der Waals surface area contributed by atoms with Gasteiger partial charge in [-0.05, 0) is 84.0 Å². The first kappa shape index (κ1) is 30.8. The zero-order chi connectivity index (χ0) is 28.9. The zero-order valence-corrected chi connectivity index (χ0v) is 25.8. The highest BCUT2D eigenvalue weighted by Gasteiger charge is 2.24. The van der Waals surface area contributed by atoms with Gasteiger partial charge in [0.05, 0.1) is 9.79 Å². The van der Waals surface area contributed by atoms with E-state index in [1.807, 2.05) is 34.6 Å². The highest BCUT2D eigenvalue weighted by atomic mass is 32.2. The summed E-state index contributed by atoms with van der Waals surface area (Å²) < 4.78 is 70.9. The molecule has 2 aromatic carbocycles. The molecule has 14 heteroatoms. The molecule has 0 aromatic heterocycles. The van der Waals surface area contributed by atoms with E-state index in [9.17, 15) is 25.9 Å². The van der Waals surface area contributed by atoms with Gasteiger partial charge in [-0.1, -0.05) is 38.1 Å². The predicted octanol–water partition coefficient (Wildman–Crippen LogP) is 5.21. The summed E-state index contributed by atoms with van der Waals surface area (Å²) in [7, 11) is -8.65. The van der Waals surface area contributed by atoms with Crippen molar-refractivity contribution in [2.45, 2.75) is 73.7 Å². The fourth-order valence-corrected chi connectivity index (χ4v) is 8.32. The summed E-state index contributed by atoms with van der Waals surface area (Å²) in [5.74, 6) is 2.35. The van der Waals surface area contributed by atoms with Gasteiger partial charge in [-0.3, -0.25) is 9.11 Å². The summed E-state index contributed by atoms with van der Waals surface area (Å²) in [6.07, 6.45) is 4.82. The van der Waals surface area contributed by atoms with Crippen LogP contribution in [0.1, 0.15) is 61.8 Å². The van der Waals surface area contributed by atoms with Crippen LogP contribution < -0.4 is 0 Å². The summed E-state index contributed by atoms with van der Waals surface area (Å²) in [5.41, 5.74) is 3.10. The average molecular weight is 627 g/mol. The number of amidine groups is 2. The Kier molecular flexibility index (Phi) is 10.2. The quantitative estimate of drug-likeness (QED) is 0.194. The van der Waals surface area contributed by atoms with Gasteiger partial charge in [-0.15, -0.1) is 10.2 Å². The molecule has 10 nitrogen and oxygen atoms in total. The molecule has 2 aromatic rings. The Balaban J connectivity index is 1.45. The maximum Gasteiger partial charge on any atom is 0.294 e. The van der Waals surface area contributed by atoms with Crippen molar-refractivity contribution in [3.8, 4) is 0 Å². The van der Waals surface area contributed by atoms with Crippen LogP contribution in [0.2, 0.25) is 0 Å². The third-order valence-corrected chi connectivity index (χ3v) is 11.0. The fourth-order valence-electron chi connectivity index (χ4n) is 4.59. The first-order valence-electron chi connectivity index (χ1n) is 13.1. The highest BCUT2D eigenvalue weighted by molar-refractivity contribution is 7.97. The van der Waals surface area contributed by atoms with Gasteiger partial charge < -0.3 is 8.61 Å². The number of nitrogens with zero attached hydrogens (tertiary/aromatic N) is 4. The maximum absolute atomic E-state index is 11.9. The summed E-state index contributed by atoms with van der Waals surface area (Å²) in [5, 5.41) is 9.09. The molecule has 0 spiro atoms. The number of hydrogen-bond acceptors (Lipinski definition) is 8. The van der Waals surface area contributed by atoms with Crippen LogP contribution in [0.15, 0.2) is 56.4 Å². The Morgan fingerprint density at radius 2 is 1.12 bits per heavy atom. The Labute approximate surface area is 245 Å². The standard InChI is InChI=1S/C26H34N4O6S4/c1-3-19-9-11-23(39(31,32)33)21(15-19)17-37-29-13-5-7-25(29)27-28-26-8-6-14-30(26)38-18-22-16-20(4-2)10-12-24(22)40(34,35)36/h9-12,15-16H,3-8,13-14,17-18H2,1-2H3,(H,31,32,33)(H,34,35,36). The van der Waals surface area contributed by atoms with Gasteiger partial charge in [-0.2, -0.15) is 16.8 Å². The number of aryl methyl sites for hydroxylation is 2. The van der Waals surface area contributed by atoms with Crippen molar-refractivity contribution in [2.24, 2.45) is 10.2 Å². The molecule has 218 valence electrons. The smallest absolute Gasteiger partial charge is 0.294 e. The van der Waals surface area contributed by atoms with Crippen molar-refractivity contribution in [1.82, 2.24) is 8.61 Å². The lowest BCUT2D eigenvalue weighted by Gasteiger charge is -2.19. The molecule has 2 fully saturated rings. The largest absolute Gasteiger partial charge is 0.302 e. The van der Waals surface area contributed by atoms with Crippen molar-refractivity contribution in [3.63, 3.8) is 0 Å². The van der Waals surface area contributed by atoms with Crippen LogP contribution in [0.3, 0.4) is 0 Å². The van der Waals surface area contributed by atoms with Gasteiger partial charge >= 0.3 is 0 Å². The second-order valence-electron chi connectivity index (χ2n) is 9.53. The molecule has 2 aliphatic rings. The van der Waals surface area contributed by atoms with E-state index in [0.717, 1.165) is 74.4 Å². The summed E-state index contributed by atoms with van der Waals surface area (Å²) >= 11 is 2.90. The van der Waals surface area contributed by atoms with E-state index < -0.39 is 20.2 Å². The summed E-state index contributed by atoms with van der Waals surface area (Å²) in [6, 6.07) is 9.98. The maximum atomic E-state index is 11.9. The number of benzene rings is 2. The molecular formula is C26H34N4O6S4. The number of rotatable bonds is 11. The van der Waals surface area contributed by atoms with Crippen LogP contribution in [0.5, 0.6) is 0 Å². The van der Waals surface area contributed by atoms with Crippen LogP contribution >= 0.6 is 23.9 Å². The lowest BCUT2D eigenvalue weighted by Crippen LogP contribution is -2.19. The molecule has 2 N–H and O–H groups in total. The summed E-state index contributed by atoms with van der Waals surface area (Å²) in [4.78, 5) is -0.147. The van der Waals surface area contributed by atoms with Crippen molar-refractivity contribution in [3.05, 3.63) is 58.7 Å². The zero-order valence-electron chi connectivity index (χ0n) is 22.5. The minimum Gasteiger partial charge on any atom is -0.302 e. The minimum atomic E-state index is -4.32. The Morgan fingerprint density at radius 3 is 1.48 bits per heavy atom. The fraction of sp³-hybridized carbons (Fsp3) is 0.462. The number of hydrogen-bond donors (Lipinski definition) is 2. The Hall–Kier alpha value is -2.10. The normalized spacial score (nSPS) is 18.4. The monoisotopic (exact) mass is 626 g/mol.